The molecule has 0 unspecified atom stereocenters. The van der Waals surface area contributed by atoms with E-state index in [4.69, 9.17) is 4.74 Å². The van der Waals surface area contributed by atoms with Crippen LogP contribution < -0.4 is 5.32 Å². The third kappa shape index (κ3) is 31.0. The third-order valence-electron chi connectivity index (χ3n) is 9.00. The van der Waals surface area contributed by atoms with Gasteiger partial charge in [-0.2, -0.15) is 0 Å². The van der Waals surface area contributed by atoms with Crippen molar-refractivity contribution in [2.24, 2.45) is 0 Å². The summed E-state index contributed by atoms with van der Waals surface area (Å²) in [5.41, 5.74) is 0. The van der Waals surface area contributed by atoms with Crippen LogP contribution in [0.4, 0.5) is 0 Å². The lowest BCUT2D eigenvalue weighted by molar-refractivity contribution is -0.149. The number of aliphatic hydroxyl groups excluding tert-OH is 1. The number of unbranched alkanes of at least 4 members (excludes halogenated alkanes) is 25. The predicted molar refractivity (Wildman–Crippen MR) is 194 cm³/mol. The Labute approximate surface area is 280 Å². The van der Waals surface area contributed by atoms with E-state index in [9.17, 15) is 14.7 Å². The molecule has 2 N–H and O–H groups in total. The first kappa shape index (κ1) is 43.6. The molecule has 0 fully saturated rings. The molecule has 45 heavy (non-hydrogen) atoms. The maximum absolute atomic E-state index is 12.8. The van der Waals surface area contributed by atoms with Crippen molar-refractivity contribution in [1.82, 2.24) is 5.32 Å². The van der Waals surface area contributed by atoms with Crippen molar-refractivity contribution < 1.29 is 19.4 Å². The summed E-state index contributed by atoms with van der Waals surface area (Å²) >= 11 is 0. The molecule has 0 aliphatic rings. The van der Waals surface area contributed by atoms with Crippen LogP contribution in [0.3, 0.4) is 0 Å². The summed E-state index contributed by atoms with van der Waals surface area (Å²) in [6.07, 6.45) is 38.4. The van der Waals surface area contributed by atoms with Crippen LogP contribution in [0, 0.1) is 0 Å². The molecular formula is C40H77NO4. The Bertz CT molecular complexity index is 665. The van der Waals surface area contributed by atoms with Gasteiger partial charge in [0, 0.05) is 12.8 Å². The summed E-state index contributed by atoms with van der Waals surface area (Å²) in [7, 11) is 0. The molecule has 5 heteroatoms. The van der Waals surface area contributed by atoms with Gasteiger partial charge >= 0.3 is 5.97 Å². The van der Waals surface area contributed by atoms with Gasteiger partial charge in [-0.15, -0.1) is 0 Å². The predicted octanol–water partition coefficient (Wildman–Crippen LogP) is 11.7. The lowest BCUT2D eigenvalue weighted by Crippen LogP contribution is -2.46. The molecule has 1 amide bonds. The molecule has 0 bridgehead atoms. The zero-order valence-electron chi connectivity index (χ0n) is 30.4. The Hall–Kier alpha value is -1.36. The quantitative estimate of drug-likeness (QED) is 0.0413. The molecule has 0 aliphatic carbocycles. The monoisotopic (exact) mass is 636 g/mol. The topological polar surface area (TPSA) is 75.6 Å². The number of hydrogen-bond donors (Lipinski definition) is 2. The number of amides is 1. The fraction of sp³-hybridized carbons (Fsp3) is 0.900. The Balaban J connectivity index is 4.55. The van der Waals surface area contributed by atoms with Crippen molar-refractivity contribution in [2.75, 3.05) is 6.61 Å². The molecule has 266 valence electrons. The van der Waals surface area contributed by atoms with Crippen LogP contribution >= 0.6 is 0 Å². The summed E-state index contributed by atoms with van der Waals surface area (Å²) in [6.45, 7) is 6.49. The molecule has 0 aromatic heterocycles. The maximum atomic E-state index is 12.8. The van der Waals surface area contributed by atoms with Crippen LogP contribution in [0.1, 0.15) is 213 Å². The van der Waals surface area contributed by atoms with Crippen LogP contribution in [0.2, 0.25) is 0 Å². The van der Waals surface area contributed by atoms with E-state index in [1.54, 1.807) is 0 Å². The molecule has 0 spiro atoms. The van der Waals surface area contributed by atoms with E-state index in [1.807, 2.05) is 6.08 Å². The van der Waals surface area contributed by atoms with E-state index in [0.717, 1.165) is 44.9 Å². The Kier molecular flexibility index (Phi) is 34.4. The van der Waals surface area contributed by atoms with Crippen LogP contribution in [0.5, 0.6) is 0 Å². The van der Waals surface area contributed by atoms with Crippen molar-refractivity contribution in [3.63, 3.8) is 0 Å². The minimum absolute atomic E-state index is 0.0644. The van der Waals surface area contributed by atoms with Gasteiger partial charge in [0.1, 0.15) is 6.10 Å². The third-order valence-corrected chi connectivity index (χ3v) is 9.00. The van der Waals surface area contributed by atoms with Gasteiger partial charge in [-0.1, -0.05) is 181 Å². The first-order chi connectivity index (χ1) is 22.1. The zero-order chi connectivity index (χ0) is 33.1. The minimum Gasteiger partial charge on any atom is -0.456 e. The highest BCUT2D eigenvalue weighted by Gasteiger charge is 2.24. The van der Waals surface area contributed by atoms with Crippen molar-refractivity contribution >= 4 is 11.9 Å². The van der Waals surface area contributed by atoms with Crippen molar-refractivity contribution in [2.45, 2.75) is 226 Å². The largest absolute Gasteiger partial charge is 0.456 e. The number of rotatable bonds is 35. The van der Waals surface area contributed by atoms with E-state index < -0.39 is 12.1 Å². The number of ether oxygens (including phenoxy) is 1. The van der Waals surface area contributed by atoms with Gasteiger partial charge in [-0.25, -0.2) is 0 Å². The van der Waals surface area contributed by atoms with Crippen LogP contribution in [-0.4, -0.2) is 35.7 Å². The number of nitrogens with one attached hydrogen (secondary N) is 1. The van der Waals surface area contributed by atoms with Crippen LogP contribution in [0.15, 0.2) is 12.2 Å². The molecule has 0 saturated carbocycles. The van der Waals surface area contributed by atoms with E-state index in [0.29, 0.717) is 12.8 Å². The van der Waals surface area contributed by atoms with E-state index in [-0.39, 0.29) is 18.5 Å². The van der Waals surface area contributed by atoms with Crippen molar-refractivity contribution in [3.8, 4) is 0 Å². The van der Waals surface area contributed by atoms with Crippen LogP contribution in [-0.2, 0) is 14.3 Å². The minimum atomic E-state index is -0.633. The number of aliphatic hydroxyl groups is 1. The second-order valence-corrected chi connectivity index (χ2v) is 13.5. The highest BCUT2D eigenvalue weighted by molar-refractivity contribution is 5.76. The van der Waals surface area contributed by atoms with E-state index in [1.165, 1.54) is 135 Å². The van der Waals surface area contributed by atoms with E-state index in [2.05, 4.69) is 32.2 Å². The number of allylic oxidation sites excluding steroid dienone is 1. The number of esters is 1. The molecule has 0 radical (unpaired) electrons. The molecule has 0 rings (SSSR count). The summed E-state index contributed by atoms with van der Waals surface area (Å²) in [5.74, 6) is -0.299. The van der Waals surface area contributed by atoms with Gasteiger partial charge in [0.25, 0.3) is 0 Å². The highest BCUT2D eigenvalue weighted by Crippen LogP contribution is 2.15. The van der Waals surface area contributed by atoms with Gasteiger partial charge in [-0.05, 0) is 31.8 Å². The molecule has 0 heterocycles. The molecule has 2 atom stereocenters. The first-order valence-corrected chi connectivity index (χ1v) is 19.8. The number of hydrogen-bond acceptors (Lipinski definition) is 4. The summed E-state index contributed by atoms with van der Waals surface area (Å²) in [6, 6.07) is -0.609. The second kappa shape index (κ2) is 35.5. The number of carbonyl (C=O) groups excluding carboxylic acids is 2. The fourth-order valence-corrected chi connectivity index (χ4v) is 5.96. The first-order valence-electron chi connectivity index (χ1n) is 19.8. The molecular weight excluding hydrogens is 558 g/mol. The van der Waals surface area contributed by atoms with Crippen molar-refractivity contribution in [1.29, 1.82) is 0 Å². The van der Waals surface area contributed by atoms with Gasteiger partial charge in [0.05, 0.1) is 12.6 Å². The lowest BCUT2D eigenvalue weighted by Gasteiger charge is -2.24. The molecule has 0 aromatic rings. The molecule has 0 aromatic carbocycles. The second-order valence-electron chi connectivity index (χ2n) is 13.5. The van der Waals surface area contributed by atoms with Gasteiger partial charge in [0.2, 0.25) is 5.91 Å². The van der Waals surface area contributed by atoms with E-state index >= 15 is 0 Å². The molecule has 0 aliphatic heterocycles. The molecule has 0 saturated heterocycles. The summed E-state index contributed by atoms with van der Waals surface area (Å²) in [5, 5.41) is 13.1. The van der Waals surface area contributed by atoms with Gasteiger partial charge < -0.3 is 15.2 Å². The maximum Gasteiger partial charge on any atom is 0.306 e. The Morgan fingerprint density at radius 1 is 0.556 bits per heavy atom. The van der Waals surface area contributed by atoms with Crippen molar-refractivity contribution in [3.05, 3.63) is 12.2 Å². The SMILES string of the molecule is CCCCCCCCC/C=C/[C@@H](OC(=O)CCCCCCCCCCC)[C@H](CO)NC(=O)CCCCCCCCCCCCC. The smallest absolute Gasteiger partial charge is 0.306 e. The lowest BCUT2D eigenvalue weighted by atomic mass is 10.0. The summed E-state index contributed by atoms with van der Waals surface area (Å²) in [4.78, 5) is 25.5. The number of carbonyl (C=O) groups is 2. The molecule has 5 nitrogen and oxygen atoms in total. The summed E-state index contributed by atoms with van der Waals surface area (Å²) < 4.78 is 5.86. The van der Waals surface area contributed by atoms with Gasteiger partial charge in [0.15, 0.2) is 0 Å². The van der Waals surface area contributed by atoms with Gasteiger partial charge in [-0.3, -0.25) is 9.59 Å². The Morgan fingerprint density at radius 3 is 1.36 bits per heavy atom. The average molecular weight is 636 g/mol. The van der Waals surface area contributed by atoms with Crippen LogP contribution in [0.25, 0.3) is 0 Å². The fourth-order valence-electron chi connectivity index (χ4n) is 5.96. The zero-order valence-corrected chi connectivity index (χ0v) is 30.4. The Morgan fingerprint density at radius 2 is 0.933 bits per heavy atom. The standard InChI is InChI=1S/C40H77NO4/c1-4-7-10-13-16-19-20-23-25-28-31-34-39(43)41-37(36-42)38(33-30-27-24-21-17-14-11-8-5-2)45-40(44)35-32-29-26-22-18-15-12-9-6-3/h30,33,37-38,42H,4-29,31-32,34-36H2,1-3H3,(H,41,43)/b33-30+/t37-,38+/m0/s1. The highest BCUT2D eigenvalue weighted by atomic mass is 16.5. The normalized spacial score (nSPS) is 12.9. The average Bonchev–Trinajstić information content (AvgIpc) is 3.04.